The summed E-state index contributed by atoms with van der Waals surface area (Å²) in [6.07, 6.45) is 5.82. The molecule has 3 atom stereocenters. The van der Waals surface area contributed by atoms with E-state index in [9.17, 15) is 19.2 Å². The largest absolute Gasteiger partial charge is 0.427 e. The van der Waals surface area contributed by atoms with Crippen molar-refractivity contribution in [3.05, 3.63) is 29.3 Å². The van der Waals surface area contributed by atoms with Gasteiger partial charge in [0.2, 0.25) is 11.5 Å². The molecule has 7 rings (SSSR count). The van der Waals surface area contributed by atoms with E-state index in [1.807, 2.05) is 0 Å². The number of hydrogen-bond acceptors (Lipinski definition) is 5. The van der Waals surface area contributed by atoms with Crippen LogP contribution in [-0.2, 0) is 26.3 Å². The second kappa shape index (κ2) is 6.31. The minimum atomic E-state index is -1.39. The molecule has 5 fully saturated rings. The van der Waals surface area contributed by atoms with Gasteiger partial charge in [-0.1, -0.05) is 6.07 Å². The van der Waals surface area contributed by atoms with Gasteiger partial charge in [-0.3, -0.25) is 9.59 Å². The molecule has 1 aliphatic heterocycles. The monoisotopic (exact) mass is 464 g/mol. The van der Waals surface area contributed by atoms with Crippen LogP contribution in [0.5, 0.6) is 0 Å². The number of carbonyl (C=O) groups excluding carboxylic acids is 4. The van der Waals surface area contributed by atoms with Crippen molar-refractivity contribution in [3.8, 4) is 0 Å². The Morgan fingerprint density at radius 2 is 1.91 bits per heavy atom. The summed E-state index contributed by atoms with van der Waals surface area (Å²) in [5, 5.41) is 8.46. The molecule has 0 aromatic heterocycles. The Morgan fingerprint density at radius 1 is 1.15 bits per heavy atom. The van der Waals surface area contributed by atoms with Crippen molar-refractivity contribution in [1.29, 1.82) is 0 Å². The van der Waals surface area contributed by atoms with E-state index in [-0.39, 0.29) is 24.0 Å². The Balaban J connectivity index is 1.07. The number of ether oxygens (including phenoxy) is 1. The van der Waals surface area contributed by atoms with Gasteiger partial charge in [0.05, 0.1) is 0 Å². The van der Waals surface area contributed by atoms with Gasteiger partial charge in [-0.05, 0) is 79.4 Å². The van der Waals surface area contributed by atoms with Gasteiger partial charge in [-0.25, -0.2) is 14.5 Å². The van der Waals surface area contributed by atoms with Crippen LogP contribution < -0.4 is 16.0 Å². The molecule has 1 aromatic carbocycles. The second-order valence-electron chi connectivity index (χ2n) is 11.3. The summed E-state index contributed by atoms with van der Waals surface area (Å²) in [5.41, 5.74) is 1.01. The maximum absolute atomic E-state index is 13.4. The molecule has 2 spiro atoms. The Hall–Kier alpha value is -3.10. The van der Waals surface area contributed by atoms with Crippen molar-refractivity contribution in [2.45, 2.75) is 56.1 Å². The molecule has 2 bridgehead atoms. The van der Waals surface area contributed by atoms with Gasteiger partial charge in [0, 0.05) is 30.3 Å². The number of benzene rings is 1. The molecule has 1 heterocycles. The summed E-state index contributed by atoms with van der Waals surface area (Å²) < 4.78 is 5.66. The molecular formula is C25H28N4O5. The lowest BCUT2D eigenvalue weighted by molar-refractivity contribution is -0.176. The first kappa shape index (κ1) is 20.3. The van der Waals surface area contributed by atoms with Crippen LogP contribution in [0.2, 0.25) is 0 Å². The molecule has 6 aliphatic rings. The summed E-state index contributed by atoms with van der Waals surface area (Å²) in [5.74, 6) is 1.58. The molecule has 9 nitrogen and oxygen atoms in total. The van der Waals surface area contributed by atoms with Crippen LogP contribution in [-0.4, -0.2) is 48.0 Å². The number of imide groups is 1. The van der Waals surface area contributed by atoms with Crippen molar-refractivity contribution in [3.63, 3.8) is 0 Å². The smallest absolute Gasteiger partial charge is 0.418 e. The third-order valence-electron chi connectivity index (χ3n) is 9.89. The maximum atomic E-state index is 13.4. The lowest BCUT2D eigenvalue weighted by Gasteiger charge is -2.66. The highest BCUT2D eigenvalue weighted by Crippen LogP contribution is 2.82. The zero-order valence-electron chi connectivity index (χ0n) is 19.1. The van der Waals surface area contributed by atoms with E-state index in [0.29, 0.717) is 29.5 Å². The SMILES string of the molecule is CNC(=O)Nc1ccc2c(c1)CC[C@@]21OC(=O)N(CC(=O)N[C@]23CC4C[C@@H]5CC(C2)C45C3)C1=O. The standard InChI is InChI=1S/C25H28N4O5/c1-26-21(32)27-17-2-3-18-13(6-17)4-5-25(18)20(31)29(22(33)34-25)11-19(30)28-23-9-15-7-14-8-16(10-23)24(14,15)12-23/h2-3,6,14-16H,4-5,7-12H2,1H3,(H,28,30)(H2,26,27,32)/t14-,15?,16?,23-,24?,25-/m1/s1. The zero-order chi connectivity index (χ0) is 23.5. The van der Waals surface area contributed by atoms with Gasteiger partial charge in [0.1, 0.15) is 6.54 Å². The fourth-order valence-corrected chi connectivity index (χ4v) is 8.63. The molecule has 5 aliphatic carbocycles. The summed E-state index contributed by atoms with van der Waals surface area (Å²) in [7, 11) is 1.53. The third-order valence-corrected chi connectivity index (χ3v) is 9.89. The van der Waals surface area contributed by atoms with Gasteiger partial charge in [0.15, 0.2) is 0 Å². The van der Waals surface area contributed by atoms with Crippen LogP contribution in [0.1, 0.15) is 49.7 Å². The van der Waals surface area contributed by atoms with Crippen molar-refractivity contribution < 1.29 is 23.9 Å². The number of amides is 5. The van der Waals surface area contributed by atoms with Gasteiger partial charge in [-0.15, -0.1) is 0 Å². The Morgan fingerprint density at radius 3 is 2.59 bits per heavy atom. The quantitative estimate of drug-likeness (QED) is 0.632. The van der Waals surface area contributed by atoms with Gasteiger partial charge >= 0.3 is 12.1 Å². The summed E-state index contributed by atoms with van der Waals surface area (Å²) in [6, 6.07) is 4.87. The normalized spacial score (nSPS) is 39.8. The summed E-state index contributed by atoms with van der Waals surface area (Å²) in [4.78, 5) is 51.8. The van der Waals surface area contributed by atoms with Gasteiger partial charge in [-0.2, -0.15) is 0 Å². The number of nitrogens with zero attached hydrogens (tertiary/aromatic N) is 1. The number of nitrogens with one attached hydrogen (secondary N) is 3. The van der Waals surface area contributed by atoms with Crippen LogP contribution in [0.25, 0.3) is 0 Å². The van der Waals surface area contributed by atoms with Crippen LogP contribution in [0, 0.1) is 23.2 Å². The minimum absolute atomic E-state index is 0.157. The van der Waals surface area contributed by atoms with Crippen LogP contribution >= 0.6 is 0 Å². The lowest BCUT2D eigenvalue weighted by Crippen LogP contribution is -2.60. The summed E-state index contributed by atoms with van der Waals surface area (Å²) >= 11 is 0. The van der Waals surface area contributed by atoms with Crippen LogP contribution in [0.15, 0.2) is 18.2 Å². The van der Waals surface area contributed by atoms with E-state index >= 15 is 0 Å². The van der Waals surface area contributed by atoms with E-state index in [1.54, 1.807) is 18.2 Å². The molecule has 0 radical (unpaired) electrons. The first-order chi connectivity index (χ1) is 16.3. The number of rotatable bonds is 4. The van der Waals surface area contributed by atoms with E-state index < -0.39 is 17.6 Å². The second-order valence-corrected chi connectivity index (χ2v) is 11.3. The third kappa shape index (κ3) is 2.35. The highest BCUT2D eigenvalue weighted by molar-refractivity contribution is 6.06. The molecule has 178 valence electrons. The first-order valence-electron chi connectivity index (χ1n) is 12.3. The highest BCUT2D eigenvalue weighted by atomic mass is 16.6. The minimum Gasteiger partial charge on any atom is -0.427 e. The zero-order valence-corrected chi connectivity index (χ0v) is 19.1. The van der Waals surface area contributed by atoms with Crippen LogP contribution in [0.4, 0.5) is 15.3 Å². The summed E-state index contributed by atoms with van der Waals surface area (Å²) in [6.45, 7) is -0.307. The molecule has 1 saturated heterocycles. The molecule has 34 heavy (non-hydrogen) atoms. The lowest BCUT2D eigenvalue weighted by atomic mass is 9.38. The maximum Gasteiger partial charge on any atom is 0.418 e. The van der Waals surface area contributed by atoms with Crippen molar-refractivity contribution in [2.24, 2.45) is 23.2 Å². The molecular weight excluding hydrogens is 436 g/mol. The van der Waals surface area contributed by atoms with E-state index in [1.165, 1.54) is 19.9 Å². The number of hydrogen-bond donors (Lipinski definition) is 3. The average Bonchev–Trinajstić information content (AvgIpc) is 3.46. The van der Waals surface area contributed by atoms with Crippen molar-refractivity contribution in [2.75, 3.05) is 18.9 Å². The predicted octanol–water partition coefficient (Wildman–Crippen LogP) is 2.25. The molecule has 5 amide bonds. The molecule has 2 unspecified atom stereocenters. The Labute approximate surface area is 196 Å². The van der Waals surface area contributed by atoms with E-state index in [0.717, 1.165) is 47.5 Å². The van der Waals surface area contributed by atoms with Gasteiger partial charge < -0.3 is 20.7 Å². The first-order valence-corrected chi connectivity index (χ1v) is 12.3. The Bertz CT molecular complexity index is 1160. The van der Waals surface area contributed by atoms with E-state index in [2.05, 4.69) is 16.0 Å². The van der Waals surface area contributed by atoms with E-state index in [4.69, 9.17) is 4.74 Å². The number of carbonyl (C=O) groups is 4. The van der Waals surface area contributed by atoms with Crippen LogP contribution in [0.3, 0.4) is 0 Å². The Kier molecular flexibility index (Phi) is 3.77. The molecule has 9 heteroatoms. The van der Waals surface area contributed by atoms with Crippen molar-refractivity contribution in [1.82, 2.24) is 15.5 Å². The fraction of sp³-hybridized carbons (Fsp3) is 0.600. The highest BCUT2D eigenvalue weighted by Gasteiger charge is 2.77. The number of fused-ring (bicyclic) bond motifs is 3. The average molecular weight is 465 g/mol. The topological polar surface area (TPSA) is 117 Å². The van der Waals surface area contributed by atoms with Gasteiger partial charge in [0.25, 0.3) is 5.91 Å². The fourth-order valence-electron chi connectivity index (χ4n) is 8.63. The number of urea groups is 1. The molecule has 3 N–H and O–H groups in total. The predicted molar refractivity (Wildman–Crippen MR) is 120 cm³/mol. The molecule has 1 aromatic rings. The number of anilines is 1. The van der Waals surface area contributed by atoms with Crippen molar-refractivity contribution >= 4 is 29.6 Å². The number of aryl methyl sites for hydroxylation is 1. The molecule has 4 saturated carbocycles.